The molecule has 1 aliphatic carbocycles. The lowest BCUT2D eigenvalue weighted by molar-refractivity contribution is 0.601. The number of nitrogens with zero attached hydrogens (tertiary/aromatic N) is 1. The maximum Gasteiger partial charge on any atom is 0.0437 e. The fourth-order valence-corrected chi connectivity index (χ4v) is 1.68. The van der Waals surface area contributed by atoms with E-state index in [4.69, 9.17) is 0 Å². The standard InChI is InChI=1S/C11H13N/c1-2-6-10(7-3-1)11-8-4-5-9-12-11/h1-2,4-5,8-10H,3,6-7H2/t10-/m0/s1. The minimum Gasteiger partial charge on any atom is -0.261 e. The summed E-state index contributed by atoms with van der Waals surface area (Å²) in [6, 6.07) is 6.17. The van der Waals surface area contributed by atoms with Crippen LogP contribution in [0.2, 0.25) is 0 Å². The molecule has 0 saturated heterocycles. The van der Waals surface area contributed by atoms with Crippen molar-refractivity contribution >= 4 is 0 Å². The Hall–Kier alpha value is -1.11. The van der Waals surface area contributed by atoms with Crippen molar-refractivity contribution < 1.29 is 0 Å². The largest absolute Gasteiger partial charge is 0.261 e. The fraction of sp³-hybridized carbons (Fsp3) is 0.364. The van der Waals surface area contributed by atoms with E-state index < -0.39 is 0 Å². The van der Waals surface area contributed by atoms with Gasteiger partial charge in [-0.25, -0.2) is 0 Å². The van der Waals surface area contributed by atoms with Gasteiger partial charge in [0.15, 0.2) is 0 Å². The molecule has 0 radical (unpaired) electrons. The van der Waals surface area contributed by atoms with Gasteiger partial charge in [-0.2, -0.15) is 0 Å². The normalized spacial score (nSPS) is 22.5. The van der Waals surface area contributed by atoms with E-state index in [0.29, 0.717) is 5.92 Å². The molecule has 1 aromatic rings. The summed E-state index contributed by atoms with van der Waals surface area (Å²) in [6.45, 7) is 0. The van der Waals surface area contributed by atoms with E-state index in [2.05, 4.69) is 29.3 Å². The third kappa shape index (κ3) is 1.55. The minimum atomic E-state index is 0.663. The van der Waals surface area contributed by atoms with Crippen LogP contribution in [0.15, 0.2) is 36.5 Å². The molecule has 1 nitrogen and oxygen atoms in total. The zero-order valence-electron chi connectivity index (χ0n) is 7.11. The Morgan fingerprint density at radius 1 is 1.25 bits per heavy atom. The van der Waals surface area contributed by atoms with Crippen LogP contribution < -0.4 is 0 Å². The molecule has 0 spiro atoms. The fourth-order valence-electron chi connectivity index (χ4n) is 1.68. The van der Waals surface area contributed by atoms with Crippen LogP contribution in [0, 0.1) is 0 Å². The Kier molecular flexibility index (Phi) is 2.21. The van der Waals surface area contributed by atoms with Crippen LogP contribution in [-0.4, -0.2) is 4.98 Å². The first kappa shape index (κ1) is 7.53. The van der Waals surface area contributed by atoms with Crippen LogP contribution in [0.3, 0.4) is 0 Å². The predicted molar refractivity (Wildman–Crippen MR) is 50.0 cm³/mol. The number of aromatic nitrogens is 1. The van der Waals surface area contributed by atoms with Crippen LogP contribution in [0.25, 0.3) is 0 Å². The molecule has 0 N–H and O–H groups in total. The van der Waals surface area contributed by atoms with E-state index in [1.807, 2.05) is 12.3 Å². The molecule has 0 aliphatic heterocycles. The lowest BCUT2D eigenvalue weighted by atomic mass is 9.91. The van der Waals surface area contributed by atoms with Gasteiger partial charge in [-0.15, -0.1) is 0 Å². The summed E-state index contributed by atoms with van der Waals surface area (Å²) in [7, 11) is 0. The highest BCUT2D eigenvalue weighted by Gasteiger charge is 2.12. The summed E-state index contributed by atoms with van der Waals surface area (Å²) in [5.74, 6) is 0.663. The molecular weight excluding hydrogens is 146 g/mol. The maximum absolute atomic E-state index is 4.37. The zero-order chi connectivity index (χ0) is 8.23. The van der Waals surface area contributed by atoms with E-state index in [-0.39, 0.29) is 0 Å². The van der Waals surface area contributed by atoms with Crippen molar-refractivity contribution in [3.63, 3.8) is 0 Å². The first-order valence-electron chi connectivity index (χ1n) is 4.53. The summed E-state index contributed by atoms with van der Waals surface area (Å²) in [5, 5.41) is 0. The molecule has 0 saturated carbocycles. The monoisotopic (exact) mass is 159 g/mol. The lowest BCUT2D eigenvalue weighted by Crippen LogP contribution is -2.02. The molecule has 1 atom stereocenters. The van der Waals surface area contributed by atoms with Gasteiger partial charge in [0.05, 0.1) is 0 Å². The van der Waals surface area contributed by atoms with E-state index >= 15 is 0 Å². The molecule has 1 heteroatoms. The average molecular weight is 159 g/mol. The summed E-state index contributed by atoms with van der Waals surface area (Å²) >= 11 is 0. The number of hydrogen-bond donors (Lipinski definition) is 0. The Morgan fingerprint density at radius 3 is 2.92 bits per heavy atom. The van der Waals surface area contributed by atoms with Gasteiger partial charge >= 0.3 is 0 Å². The summed E-state index contributed by atoms with van der Waals surface area (Å²) in [4.78, 5) is 4.37. The number of rotatable bonds is 1. The molecule has 1 aromatic heterocycles. The van der Waals surface area contributed by atoms with Gasteiger partial charge in [-0.1, -0.05) is 18.2 Å². The Morgan fingerprint density at radius 2 is 2.25 bits per heavy atom. The van der Waals surface area contributed by atoms with Gasteiger partial charge in [0.1, 0.15) is 0 Å². The van der Waals surface area contributed by atoms with Crippen LogP contribution >= 0.6 is 0 Å². The van der Waals surface area contributed by atoms with Crippen molar-refractivity contribution in [3.05, 3.63) is 42.2 Å². The summed E-state index contributed by atoms with van der Waals surface area (Å²) in [5.41, 5.74) is 1.25. The Balaban J connectivity index is 2.15. The van der Waals surface area contributed by atoms with Gasteiger partial charge in [-0.3, -0.25) is 4.98 Å². The van der Waals surface area contributed by atoms with Gasteiger partial charge in [0.25, 0.3) is 0 Å². The van der Waals surface area contributed by atoms with Crippen molar-refractivity contribution in [1.82, 2.24) is 4.98 Å². The molecule has 0 unspecified atom stereocenters. The molecule has 0 bridgehead atoms. The highest BCUT2D eigenvalue weighted by molar-refractivity contribution is 5.12. The Labute approximate surface area is 73.1 Å². The van der Waals surface area contributed by atoms with Crippen LogP contribution in [0.5, 0.6) is 0 Å². The quantitative estimate of drug-likeness (QED) is 0.574. The van der Waals surface area contributed by atoms with E-state index in [9.17, 15) is 0 Å². The third-order valence-corrected chi connectivity index (χ3v) is 2.38. The molecule has 62 valence electrons. The topological polar surface area (TPSA) is 12.9 Å². The van der Waals surface area contributed by atoms with Crippen molar-refractivity contribution in [2.45, 2.75) is 25.2 Å². The van der Waals surface area contributed by atoms with E-state index in [1.165, 1.54) is 18.5 Å². The highest BCUT2D eigenvalue weighted by Crippen LogP contribution is 2.26. The molecular formula is C11H13N. The van der Waals surface area contributed by atoms with Crippen molar-refractivity contribution in [1.29, 1.82) is 0 Å². The summed E-state index contributed by atoms with van der Waals surface area (Å²) in [6.07, 6.45) is 10.0. The van der Waals surface area contributed by atoms with Crippen molar-refractivity contribution in [2.75, 3.05) is 0 Å². The first-order chi connectivity index (χ1) is 5.97. The van der Waals surface area contributed by atoms with Crippen molar-refractivity contribution in [2.24, 2.45) is 0 Å². The SMILES string of the molecule is C1=CC[C@H](c2ccccn2)CC1. The number of hydrogen-bond acceptors (Lipinski definition) is 1. The molecule has 1 heterocycles. The van der Waals surface area contributed by atoms with E-state index in [0.717, 1.165) is 6.42 Å². The maximum atomic E-state index is 4.37. The zero-order valence-corrected chi connectivity index (χ0v) is 7.11. The summed E-state index contributed by atoms with van der Waals surface area (Å²) < 4.78 is 0. The molecule has 0 fully saturated rings. The average Bonchev–Trinajstić information content (AvgIpc) is 2.21. The van der Waals surface area contributed by atoms with Gasteiger partial charge < -0.3 is 0 Å². The number of allylic oxidation sites excluding steroid dienone is 2. The molecule has 1 aliphatic rings. The first-order valence-corrected chi connectivity index (χ1v) is 4.53. The van der Waals surface area contributed by atoms with Crippen LogP contribution in [0.1, 0.15) is 30.9 Å². The van der Waals surface area contributed by atoms with Crippen molar-refractivity contribution in [3.8, 4) is 0 Å². The van der Waals surface area contributed by atoms with Crippen LogP contribution in [0.4, 0.5) is 0 Å². The van der Waals surface area contributed by atoms with Gasteiger partial charge in [0.2, 0.25) is 0 Å². The second-order valence-corrected chi connectivity index (χ2v) is 3.24. The van der Waals surface area contributed by atoms with Gasteiger partial charge in [0, 0.05) is 17.8 Å². The third-order valence-electron chi connectivity index (χ3n) is 2.38. The second kappa shape index (κ2) is 3.53. The molecule has 2 rings (SSSR count). The Bertz CT molecular complexity index is 264. The van der Waals surface area contributed by atoms with Crippen LogP contribution in [-0.2, 0) is 0 Å². The van der Waals surface area contributed by atoms with Gasteiger partial charge in [-0.05, 0) is 31.4 Å². The van der Waals surface area contributed by atoms with E-state index in [1.54, 1.807) is 0 Å². The second-order valence-electron chi connectivity index (χ2n) is 3.24. The molecule has 0 amide bonds. The lowest BCUT2D eigenvalue weighted by Gasteiger charge is -2.16. The minimum absolute atomic E-state index is 0.663. The highest BCUT2D eigenvalue weighted by atomic mass is 14.7. The smallest absolute Gasteiger partial charge is 0.0437 e. The molecule has 0 aromatic carbocycles. The molecule has 12 heavy (non-hydrogen) atoms. The number of pyridine rings is 1. The predicted octanol–water partition coefficient (Wildman–Crippen LogP) is 2.91.